The highest BCUT2D eigenvalue weighted by Crippen LogP contribution is 2.06. The topological polar surface area (TPSA) is 6.48 Å². The van der Waals surface area contributed by atoms with Crippen molar-refractivity contribution in [3.05, 3.63) is 12.4 Å². The van der Waals surface area contributed by atoms with Crippen LogP contribution in [0, 0.1) is 0 Å². The molecule has 0 aromatic rings. The predicted molar refractivity (Wildman–Crippen MR) is 56.6 cm³/mol. The Kier molecular flexibility index (Phi) is 4.18. The first kappa shape index (κ1) is 9.29. The quantitative estimate of drug-likeness (QED) is 0.604. The third-order valence-electron chi connectivity index (χ3n) is 1.68. The first-order valence-electron chi connectivity index (χ1n) is 3.93. The molecule has 1 aliphatic heterocycles. The molecule has 1 heterocycles. The second-order valence-corrected chi connectivity index (χ2v) is 3.80. The molecule has 2 nitrogen and oxygen atoms in total. The van der Waals surface area contributed by atoms with Gasteiger partial charge in [0.25, 0.3) is 0 Å². The Morgan fingerprint density at radius 1 is 1.00 bits per heavy atom. The molecule has 2 atom stereocenters. The monoisotopic (exact) mass is 190 g/mol. The molecular formula is C7H16N2P2. The van der Waals surface area contributed by atoms with E-state index in [0.29, 0.717) is 0 Å². The molecule has 0 bridgehead atoms. The minimum Gasteiger partial charge on any atom is -0.358 e. The van der Waals surface area contributed by atoms with Crippen LogP contribution in [0.3, 0.4) is 0 Å². The Labute approximate surface area is 73.4 Å². The Bertz CT molecular complexity index is 124. The van der Waals surface area contributed by atoms with Gasteiger partial charge in [-0.15, -0.1) is 18.5 Å². The SMILES string of the molecule is PCCN1C=CN(CCP)C1. The summed E-state index contributed by atoms with van der Waals surface area (Å²) in [5.41, 5.74) is 0. The summed E-state index contributed by atoms with van der Waals surface area (Å²) in [6, 6.07) is 0. The second kappa shape index (κ2) is 4.95. The third-order valence-corrected chi connectivity index (χ3v) is 2.20. The minimum absolute atomic E-state index is 1.07. The van der Waals surface area contributed by atoms with Crippen LogP contribution in [0.4, 0.5) is 0 Å². The van der Waals surface area contributed by atoms with Crippen molar-refractivity contribution in [1.29, 1.82) is 0 Å². The number of hydrogen-bond donors (Lipinski definition) is 0. The van der Waals surface area contributed by atoms with Gasteiger partial charge in [-0.3, -0.25) is 0 Å². The van der Waals surface area contributed by atoms with Crippen molar-refractivity contribution in [2.45, 2.75) is 0 Å². The van der Waals surface area contributed by atoms with E-state index in [0.717, 1.165) is 32.1 Å². The van der Waals surface area contributed by atoms with Gasteiger partial charge in [-0.1, -0.05) is 0 Å². The summed E-state index contributed by atoms with van der Waals surface area (Å²) in [6.45, 7) is 3.37. The largest absolute Gasteiger partial charge is 0.358 e. The fourth-order valence-electron chi connectivity index (χ4n) is 1.14. The van der Waals surface area contributed by atoms with Crippen molar-refractivity contribution in [2.75, 3.05) is 32.1 Å². The maximum Gasteiger partial charge on any atom is 0.0894 e. The molecule has 0 fully saturated rings. The smallest absolute Gasteiger partial charge is 0.0894 e. The zero-order valence-electron chi connectivity index (χ0n) is 6.74. The van der Waals surface area contributed by atoms with Crippen LogP contribution in [0.1, 0.15) is 0 Å². The molecule has 64 valence electrons. The van der Waals surface area contributed by atoms with Gasteiger partial charge in [-0.2, -0.15) is 0 Å². The van der Waals surface area contributed by atoms with Crippen molar-refractivity contribution in [2.24, 2.45) is 0 Å². The maximum absolute atomic E-state index is 2.75. The summed E-state index contributed by atoms with van der Waals surface area (Å²) in [4.78, 5) is 4.65. The molecule has 0 spiro atoms. The molecule has 11 heavy (non-hydrogen) atoms. The molecule has 0 aliphatic carbocycles. The van der Waals surface area contributed by atoms with E-state index in [1.807, 2.05) is 0 Å². The van der Waals surface area contributed by atoms with Crippen molar-refractivity contribution < 1.29 is 0 Å². The van der Waals surface area contributed by atoms with Crippen LogP contribution in [-0.2, 0) is 0 Å². The maximum atomic E-state index is 2.75. The molecule has 0 saturated heterocycles. The standard InChI is InChI=1S/C7H16N2P2/c10-5-3-8-1-2-9(7-8)4-6-11/h1-2H,3-7,10-11H2. The van der Waals surface area contributed by atoms with Gasteiger partial charge in [0.2, 0.25) is 0 Å². The van der Waals surface area contributed by atoms with E-state index in [9.17, 15) is 0 Å². The molecule has 1 rings (SSSR count). The molecule has 0 radical (unpaired) electrons. The van der Waals surface area contributed by atoms with Crippen molar-refractivity contribution in [1.82, 2.24) is 9.80 Å². The van der Waals surface area contributed by atoms with Gasteiger partial charge in [0.15, 0.2) is 0 Å². The lowest BCUT2D eigenvalue weighted by molar-refractivity contribution is 0.285. The second-order valence-electron chi connectivity index (χ2n) is 2.64. The van der Waals surface area contributed by atoms with Gasteiger partial charge in [0, 0.05) is 25.5 Å². The average molecular weight is 190 g/mol. The molecule has 2 unspecified atom stereocenters. The van der Waals surface area contributed by atoms with Crippen molar-refractivity contribution >= 4 is 18.5 Å². The molecule has 0 saturated carbocycles. The van der Waals surface area contributed by atoms with E-state index in [2.05, 4.69) is 40.7 Å². The van der Waals surface area contributed by atoms with Crippen LogP contribution in [0.2, 0.25) is 0 Å². The Balaban J connectivity index is 2.19. The predicted octanol–water partition coefficient (Wildman–Crippen LogP) is 0.783. The first-order valence-corrected chi connectivity index (χ1v) is 5.56. The molecule has 0 aromatic heterocycles. The summed E-state index contributed by atoms with van der Waals surface area (Å²) < 4.78 is 0. The zero-order valence-corrected chi connectivity index (χ0v) is 9.05. The summed E-state index contributed by atoms with van der Waals surface area (Å²) in [5, 5.41) is 0. The molecule has 1 aliphatic rings. The van der Waals surface area contributed by atoms with E-state index < -0.39 is 0 Å². The van der Waals surface area contributed by atoms with Crippen molar-refractivity contribution in [3.8, 4) is 0 Å². The van der Waals surface area contributed by atoms with E-state index >= 15 is 0 Å². The van der Waals surface area contributed by atoms with Gasteiger partial charge in [-0.05, 0) is 12.3 Å². The number of rotatable bonds is 4. The van der Waals surface area contributed by atoms with E-state index in [4.69, 9.17) is 0 Å². The molecular weight excluding hydrogens is 174 g/mol. The highest BCUT2D eigenvalue weighted by Gasteiger charge is 2.08. The first-order chi connectivity index (χ1) is 5.36. The van der Waals surface area contributed by atoms with Crippen LogP contribution in [0.15, 0.2) is 12.4 Å². The Morgan fingerprint density at radius 2 is 1.45 bits per heavy atom. The Hall–Kier alpha value is 0.200. The highest BCUT2D eigenvalue weighted by molar-refractivity contribution is 7.16. The molecule has 0 aromatic carbocycles. The zero-order chi connectivity index (χ0) is 8.10. The summed E-state index contributed by atoms with van der Waals surface area (Å²) >= 11 is 0. The summed E-state index contributed by atoms with van der Waals surface area (Å²) in [6.07, 6.45) is 6.65. The number of nitrogens with zero attached hydrogens (tertiary/aromatic N) is 2. The van der Waals surface area contributed by atoms with Crippen LogP contribution in [0.25, 0.3) is 0 Å². The van der Waals surface area contributed by atoms with Crippen LogP contribution in [-0.4, -0.2) is 41.9 Å². The van der Waals surface area contributed by atoms with E-state index in [1.165, 1.54) is 0 Å². The summed E-state index contributed by atoms with van der Waals surface area (Å²) in [5.74, 6) is 0. The van der Waals surface area contributed by atoms with Gasteiger partial charge < -0.3 is 9.80 Å². The fourth-order valence-corrected chi connectivity index (χ4v) is 1.80. The lowest BCUT2D eigenvalue weighted by Gasteiger charge is -2.19. The molecule has 4 heteroatoms. The van der Waals surface area contributed by atoms with Gasteiger partial charge in [-0.25, -0.2) is 0 Å². The van der Waals surface area contributed by atoms with Gasteiger partial charge in [0.1, 0.15) is 0 Å². The van der Waals surface area contributed by atoms with Crippen LogP contribution < -0.4 is 0 Å². The summed E-state index contributed by atoms with van der Waals surface area (Å²) in [7, 11) is 5.50. The van der Waals surface area contributed by atoms with Crippen molar-refractivity contribution in [3.63, 3.8) is 0 Å². The van der Waals surface area contributed by atoms with Gasteiger partial charge >= 0.3 is 0 Å². The van der Waals surface area contributed by atoms with Gasteiger partial charge in [0.05, 0.1) is 6.67 Å². The molecule has 0 N–H and O–H groups in total. The Morgan fingerprint density at radius 3 is 1.82 bits per heavy atom. The average Bonchev–Trinajstić information content (AvgIpc) is 2.38. The highest BCUT2D eigenvalue weighted by atomic mass is 31.0. The fraction of sp³-hybridized carbons (Fsp3) is 0.714. The minimum atomic E-state index is 1.07. The third kappa shape index (κ3) is 2.97. The van der Waals surface area contributed by atoms with E-state index in [1.54, 1.807) is 0 Å². The van der Waals surface area contributed by atoms with Crippen LogP contribution in [0.5, 0.6) is 0 Å². The molecule has 0 amide bonds. The lowest BCUT2D eigenvalue weighted by Crippen LogP contribution is -2.27. The van der Waals surface area contributed by atoms with Crippen LogP contribution >= 0.6 is 18.5 Å². The number of hydrogen-bond acceptors (Lipinski definition) is 2. The lowest BCUT2D eigenvalue weighted by atomic mass is 10.6. The van der Waals surface area contributed by atoms with E-state index in [-0.39, 0.29) is 0 Å². The normalized spacial score (nSPS) is 16.5.